The lowest BCUT2D eigenvalue weighted by Gasteiger charge is -2.10. The highest BCUT2D eigenvalue weighted by Crippen LogP contribution is 2.28. The molecule has 33 heavy (non-hydrogen) atoms. The predicted molar refractivity (Wildman–Crippen MR) is 125 cm³/mol. The zero-order valence-electron chi connectivity index (χ0n) is 18.8. The Bertz CT molecular complexity index is 1240. The zero-order chi connectivity index (χ0) is 23.2. The molecule has 0 aliphatic rings. The van der Waals surface area contributed by atoms with Crippen LogP contribution in [0.5, 0.6) is 11.5 Å². The highest BCUT2D eigenvalue weighted by atomic mass is 16.5. The monoisotopic (exact) mass is 443 g/mol. The number of hydrogen-bond donors (Lipinski definition) is 1. The van der Waals surface area contributed by atoms with Gasteiger partial charge in [-0.15, -0.1) is 5.10 Å². The van der Waals surface area contributed by atoms with Gasteiger partial charge in [0.25, 0.3) is 5.91 Å². The third kappa shape index (κ3) is 4.85. The number of pyridine rings is 1. The molecule has 0 saturated carbocycles. The van der Waals surface area contributed by atoms with Crippen molar-refractivity contribution in [2.75, 3.05) is 20.8 Å². The van der Waals surface area contributed by atoms with Crippen molar-refractivity contribution in [3.63, 3.8) is 0 Å². The number of ether oxygens (including phenoxy) is 2. The van der Waals surface area contributed by atoms with Gasteiger partial charge in [-0.05, 0) is 55.3 Å². The van der Waals surface area contributed by atoms with Gasteiger partial charge in [0.15, 0.2) is 17.2 Å². The molecule has 4 rings (SSSR count). The first kappa shape index (κ1) is 22.0. The van der Waals surface area contributed by atoms with Gasteiger partial charge in [-0.3, -0.25) is 9.78 Å². The smallest absolute Gasteiger partial charge is 0.274 e. The van der Waals surface area contributed by atoms with Crippen LogP contribution in [0.25, 0.3) is 16.9 Å². The van der Waals surface area contributed by atoms with Gasteiger partial charge < -0.3 is 14.8 Å². The quantitative estimate of drug-likeness (QED) is 0.447. The van der Waals surface area contributed by atoms with E-state index in [0.717, 1.165) is 22.4 Å². The maximum atomic E-state index is 13.1. The number of carbonyl (C=O) groups excluding carboxylic acids is 1. The maximum absolute atomic E-state index is 13.1. The van der Waals surface area contributed by atoms with E-state index in [1.807, 2.05) is 61.5 Å². The summed E-state index contributed by atoms with van der Waals surface area (Å²) < 4.78 is 12.3. The lowest BCUT2D eigenvalue weighted by molar-refractivity contribution is 0.0949. The molecule has 2 aromatic heterocycles. The summed E-state index contributed by atoms with van der Waals surface area (Å²) in [5, 5.41) is 11.4. The molecule has 0 spiro atoms. The summed E-state index contributed by atoms with van der Waals surface area (Å²) in [4.78, 5) is 17.3. The average Bonchev–Trinajstić information content (AvgIpc) is 3.30. The second-order valence-electron chi connectivity index (χ2n) is 7.47. The average molecular weight is 444 g/mol. The van der Waals surface area contributed by atoms with Gasteiger partial charge in [0.05, 0.1) is 19.9 Å². The molecule has 1 amide bonds. The van der Waals surface area contributed by atoms with Crippen LogP contribution in [-0.2, 0) is 6.42 Å². The summed E-state index contributed by atoms with van der Waals surface area (Å²) in [6.07, 6.45) is 4.01. The zero-order valence-corrected chi connectivity index (χ0v) is 18.8. The fraction of sp³-hybridized carbons (Fsp3) is 0.200. The highest BCUT2D eigenvalue weighted by Gasteiger charge is 2.22. The topological polar surface area (TPSA) is 91.2 Å². The molecule has 0 aliphatic heterocycles. The lowest BCUT2D eigenvalue weighted by atomic mass is 10.1. The molecule has 1 N–H and O–H groups in total. The molecular weight excluding hydrogens is 418 g/mol. The number of rotatable bonds is 8. The molecule has 168 valence electrons. The van der Waals surface area contributed by atoms with Crippen molar-refractivity contribution in [2.45, 2.75) is 13.3 Å². The second-order valence-corrected chi connectivity index (χ2v) is 7.47. The summed E-state index contributed by atoms with van der Waals surface area (Å²) >= 11 is 0. The number of hydrogen-bond acceptors (Lipinski definition) is 6. The van der Waals surface area contributed by atoms with Crippen LogP contribution in [0.15, 0.2) is 67.0 Å². The first-order valence-electron chi connectivity index (χ1n) is 10.5. The molecule has 0 unspecified atom stereocenters. The number of aryl methyl sites for hydroxylation is 1. The minimum atomic E-state index is -0.298. The molecule has 0 fully saturated rings. The van der Waals surface area contributed by atoms with Crippen molar-refractivity contribution in [3.05, 3.63) is 83.8 Å². The molecule has 0 aliphatic carbocycles. The van der Waals surface area contributed by atoms with Crippen LogP contribution in [0, 0.1) is 6.92 Å². The number of methoxy groups -OCH3 is 2. The Morgan fingerprint density at radius 3 is 2.52 bits per heavy atom. The molecular formula is C25H25N5O3. The van der Waals surface area contributed by atoms with Gasteiger partial charge in [0, 0.05) is 24.5 Å². The van der Waals surface area contributed by atoms with E-state index in [2.05, 4.69) is 20.6 Å². The van der Waals surface area contributed by atoms with Gasteiger partial charge in [-0.1, -0.05) is 29.0 Å². The second kappa shape index (κ2) is 9.95. The van der Waals surface area contributed by atoms with Gasteiger partial charge >= 0.3 is 0 Å². The van der Waals surface area contributed by atoms with Crippen LogP contribution in [0.4, 0.5) is 0 Å². The summed E-state index contributed by atoms with van der Waals surface area (Å²) in [6, 6.07) is 17.3. The normalized spacial score (nSPS) is 10.6. The van der Waals surface area contributed by atoms with Gasteiger partial charge in [0.1, 0.15) is 5.69 Å². The van der Waals surface area contributed by atoms with Gasteiger partial charge in [-0.25, -0.2) is 4.68 Å². The van der Waals surface area contributed by atoms with E-state index < -0.39 is 0 Å². The Morgan fingerprint density at radius 2 is 1.82 bits per heavy atom. The van der Waals surface area contributed by atoms with E-state index in [-0.39, 0.29) is 11.6 Å². The van der Waals surface area contributed by atoms with E-state index >= 15 is 0 Å². The molecule has 8 heteroatoms. The minimum Gasteiger partial charge on any atom is -0.493 e. The molecule has 4 aromatic rings. The number of benzene rings is 2. The van der Waals surface area contributed by atoms with Crippen LogP contribution < -0.4 is 14.8 Å². The summed E-state index contributed by atoms with van der Waals surface area (Å²) in [6.45, 7) is 2.45. The first-order valence-corrected chi connectivity index (χ1v) is 10.5. The van der Waals surface area contributed by atoms with Crippen LogP contribution in [0.3, 0.4) is 0 Å². The standard InChI is InChI=1S/C25H25N5O3/c1-17-6-9-20(10-7-17)30-24(19-5-4-13-26-16-19)23(28-29-30)25(31)27-14-12-18-8-11-21(32-2)22(15-18)33-3/h4-11,13,15-16H,12,14H2,1-3H3,(H,27,31). The van der Waals surface area contributed by atoms with E-state index in [0.29, 0.717) is 30.2 Å². The summed E-state index contributed by atoms with van der Waals surface area (Å²) in [5.41, 5.74) is 4.56. The largest absolute Gasteiger partial charge is 0.493 e. The Balaban J connectivity index is 1.56. The van der Waals surface area contributed by atoms with Crippen LogP contribution in [-0.4, -0.2) is 46.6 Å². The predicted octanol–water partition coefficient (Wildman–Crippen LogP) is 3.63. The van der Waals surface area contributed by atoms with E-state index in [1.165, 1.54) is 0 Å². The fourth-order valence-corrected chi connectivity index (χ4v) is 3.50. The van der Waals surface area contributed by atoms with E-state index in [4.69, 9.17) is 9.47 Å². The molecule has 8 nitrogen and oxygen atoms in total. The van der Waals surface area contributed by atoms with Crippen molar-refractivity contribution in [2.24, 2.45) is 0 Å². The van der Waals surface area contributed by atoms with Crippen LogP contribution >= 0.6 is 0 Å². The number of nitrogens with one attached hydrogen (secondary N) is 1. The maximum Gasteiger partial charge on any atom is 0.274 e. The van der Waals surface area contributed by atoms with E-state index in [1.54, 1.807) is 31.3 Å². The number of carbonyl (C=O) groups is 1. The Kier molecular flexibility index (Phi) is 6.64. The number of amides is 1. The summed E-state index contributed by atoms with van der Waals surface area (Å²) in [7, 11) is 3.20. The Morgan fingerprint density at radius 1 is 1.03 bits per heavy atom. The summed E-state index contributed by atoms with van der Waals surface area (Å²) in [5.74, 6) is 1.02. The van der Waals surface area contributed by atoms with E-state index in [9.17, 15) is 4.79 Å². The SMILES string of the molecule is COc1ccc(CCNC(=O)c2nnn(-c3ccc(C)cc3)c2-c2cccnc2)cc1OC. The van der Waals surface area contributed by atoms with Crippen molar-refractivity contribution in [1.29, 1.82) is 0 Å². The third-order valence-electron chi connectivity index (χ3n) is 5.25. The van der Waals surface area contributed by atoms with Gasteiger partial charge in [-0.2, -0.15) is 0 Å². The Hall–Kier alpha value is -4.20. The Labute approximate surface area is 192 Å². The molecule has 0 saturated heterocycles. The lowest BCUT2D eigenvalue weighted by Crippen LogP contribution is -2.26. The fourth-order valence-electron chi connectivity index (χ4n) is 3.50. The van der Waals surface area contributed by atoms with Crippen LogP contribution in [0.2, 0.25) is 0 Å². The van der Waals surface area contributed by atoms with Crippen LogP contribution in [0.1, 0.15) is 21.6 Å². The molecule has 0 bridgehead atoms. The van der Waals surface area contributed by atoms with Crippen molar-refractivity contribution in [3.8, 4) is 28.4 Å². The molecule has 2 aromatic carbocycles. The third-order valence-corrected chi connectivity index (χ3v) is 5.25. The molecule has 2 heterocycles. The highest BCUT2D eigenvalue weighted by molar-refractivity contribution is 5.98. The first-order chi connectivity index (χ1) is 16.1. The number of nitrogens with zero attached hydrogens (tertiary/aromatic N) is 4. The molecule has 0 radical (unpaired) electrons. The van der Waals surface area contributed by atoms with Crippen molar-refractivity contribution >= 4 is 5.91 Å². The molecule has 0 atom stereocenters. The van der Waals surface area contributed by atoms with Crippen molar-refractivity contribution in [1.82, 2.24) is 25.3 Å². The van der Waals surface area contributed by atoms with Crippen molar-refractivity contribution < 1.29 is 14.3 Å². The van der Waals surface area contributed by atoms with Gasteiger partial charge in [0.2, 0.25) is 0 Å². The number of aromatic nitrogens is 4. The minimum absolute atomic E-state index is 0.246.